The minimum atomic E-state index is -3.27. The van der Waals surface area contributed by atoms with Gasteiger partial charge in [0.25, 0.3) is 0 Å². The van der Waals surface area contributed by atoms with Crippen molar-refractivity contribution in [1.82, 2.24) is 14.9 Å². The quantitative estimate of drug-likeness (QED) is 0.824. The molecule has 2 N–H and O–H groups in total. The molecule has 1 aliphatic rings. The first-order valence-electron chi connectivity index (χ1n) is 7.52. The van der Waals surface area contributed by atoms with Crippen LogP contribution < -0.4 is 10.0 Å². The molecule has 1 aliphatic heterocycles. The van der Waals surface area contributed by atoms with Crippen LogP contribution >= 0.6 is 0 Å². The predicted octanol–water partition coefficient (Wildman–Crippen LogP) is 0.666. The Morgan fingerprint density at radius 2 is 1.96 bits per heavy atom. The number of morpholine rings is 1. The van der Waals surface area contributed by atoms with Crippen LogP contribution in [0, 0.1) is 0 Å². The molecule has 0 bridgehead atoms. The van der Waals surface area contributed by atoms with E-state index < -0.39 is 10.0 Å². The van der Waals surface area contributed by atoms with Gasteiger partial charge in [-0.15, -0.1) is 0 Å². The van der Waals surface area contributed by atoms with Crippen LogP contribution in [0.5, 0.6) is 0 Å². The van der Waals surface area contributed by atoms with Gasteiger partial charge in [-0.05, 0) is 25.1 Å². The number of rotatable bonds is 5. The normalized spacial score (nSPS) is 18.7. The molecule has 0 saturated carbocycles. The monoisotopic (exact) mass is 341 g/mol. The number of carbonyl (C=O) groups is 1. The first kappa shape index (κ1) is 17.7. The molecular weight excluding hydrogens is 318 g/mol. The molecule has 0 radical (unpaired) electrons. The second kappa shape index (κ2) is 7.76. The topological polar surface area (TPSA) is 87.7 Å². The number of nitrogens with one attached hydrogen (secondary N) is 2. The number of amides is 2. The highest BCUT2D eigenvalue weighted by molar-refractivity contribution is 7.88. The molecule has 2 amide bonds. The van der Waals surface area contributed by atoms with Crippen LogP contribution in [-0.4, -0.2) is 52.2 Å². The molecule has 128 valence electrons. The van der Waals surface area contributed by atoms with Gasteiger partial charge in [0, 0.05) is 13.1 Å². The first-order valence-corrected chi connectivity index (χ1v) is 9.18. The molecule has 1 aromatic carbocycles. The third-order valence-electron chi connectivity index (χ3n) is 3.76. The largest absolute Gasteiger partial charge is 0.377 e. The van der Waals surface area contributed by atoms with Crippen LogP contribution in [0.1, 0.15) is 18.1 Å². The average Bonchev–Trinajstić information content (AvgIpc) is 2.54. The average molecular weight is 341 g/mol. The van der Waals surface area contributed by atoms with Crippen molar-refractivity contribution in [2.75, 3.05) is 26.8 Å². The zero-order chi connectivity index (χ0) is 16.9. The molecule has 7 nitrogen and oxygen atoms in total. The van der Waals surface area contributed by atoms with Crippen molar-refractivity contribution in [3.63, 3.8) is 0 Å². The Kier molecular flexibility index (Phi) is 5.97. The molecule has 1 fully saturated rings. The van der Waals surface area contributed by atoms with Gasteiger partial charge >= 0.3 is 6.03 Å². The number of nitrogens with zero attached hydrogens (tertiary/aromatic N) is 1. The van der Waals surface area contributed by atoms with E-state index >= 15 is 0 Å². The second-order valence-electron chi connectivity index (χ2n) is 5.56. The van der Waals surface area contributed by atoms with E-state index in [-0.39, 0.29) is 17.8 Å². The van der Waals surface area contributed by atoms with Crippen molar-refractivity contribution in [3.8, 4) is 0 Å². The summed E-state index contributed by atoms with van der Waals surface area (Å²) >= 11 is 0. The summed E-state index contributed by atoms with van der Waals surface area (Å²) < 4.78 is 30.6. The Hall–Kier alpha value is -1.64. The summed E-state index contributed by atoms with van der Waals surface area (Å²) in [4.78, 5) is 13.9. The lowest BCUT2D eigenvalue weighted by Crippen LogP contribution is -2.51. The van der Waals surface area contributed by atoms with Crippen LogP contribution in [0.3, 0.4) is 0 Å². The van der Waals surface area contributed by atoms with Gasteiger partial charge in [0.05, 0.1) is 25.0 Å². The van der Waals surface area contributed by atoms with E-state index in [9.17, 15) is 13.2 Å². The van der Waals surface area contributed by atoms with Crippen LogP contribution in [0.2, 0.25) is 0 Å². The summed E-state index contributed by atoms with van der Waals surface area (Å²) in [6.45, 7) is 4.07. The van der Waals surface area contributed by atoms with E-state index in [4.69, 9.17) is 4.74 Å². The van der Waals surface area contributed by atoms with Gasteiger partial charge in [0.15, 0.2) is 0 Å². The maximum Gasteiger partial charge on any atom is 0.318 e. The standard InChI is InChI=1S/C15H23N3O4S/c1-12-10-22-8-7-18(12)15(19)17-9-13-3-5-14(6-4-13)11-23(20,21)16-2/h3-6,12,16H,7-11H2,1-2H3,(H,17,19)/t12-/m0/s1. The minimum Gasteiger partial charge on any atom is -0.377 e. The molecule has 1 saturated heterocycles. The molecule has 0 aromatic heterocycles. The van der Waals surface area contributed by atoms with Gasteiger partial charge in [-0.3, -0.25) is 0 Å². The van der Waals surface area contributed by atoms with Crippen LogP contribution in [-0.2, 0) is 27.1 Å². The van der Waals surface area contributed by atoms with E-state index in [1.807, 2.05) is 19.1 Å². The second-order valence-corrected chi connectivity index (χ2v) is 7.48. The Morgan fingerprint density at radius 3 is 2.57 bits per heavy atom. The lowest BCUT2D eigenvalue weighted by molar-refractivity contribution is 0.0190. The number of urea groups is 1. The van der Waals surface area contributed by atoms with Crippen LogP contribution in [0.4, 0.5) is 4.79 Å². The van der Waals surface area contributed by atoms with Gasteiger partial charge in [-0.25, -0.2) is 17.9 Å². The summed E-state index contributed by atoms with van der Waals surface area (Å²) in [6.07, 6.45) is 0. The highest BCUT2D eigenvalue weighted by Gasteiger charge is 2.23. The summed E-state index contributed by atoms with van der Waals surface area (Å²) in [5.74, 6) is -0.0541. The number of carbonyl (C=O) groups excluding carboxylic acids is 1. The minimum absolute atomic E-state index is 0.0541. The van der Waals surface area contributed by atoms with Crippen molar-refractivity contribution >= 4 is 16.1 Å². The fraction of sp³-hybridized carbons (Fsp3) is 0.533. The smallest absolute Gasteiger partial charge is 0.318 e. The highest BCUT2D eigenvalue weighted by atomic mass is 32.2. The Balaban J connectivity index is 1.87. The van der Waals surface area contributed by atoms with E-state index in [1.54, 1.807) is 17.0 Å². The van der Waals surface area contributed by atoms with Crippen LogP contribution in [0.15, 0.2) is 24.3 Å². The summed E-state index contributed by atoms with van der Waals surface area (Å²) in [6, 6.07) is 7.12. The zero-order valence-corrected chi connectivity index (χ0v) is 14.2. The summed E-state index contributed by atoms with van der Waals surface area (Å²) in [5, 5.41) is 2.88. The molecule has 0 unspecified atom stereocenters. The van der Waals surface area contributed by atoms with E-state index in [0.29, 0.717) is 31.9 Å². The Morgan fingerprint density at radius 1 is 1.30 bits per heavy atom. The molecule has 1 aromatic rings. The number of hydrogen-bond acceptors (Lipinski definition) is 4. The van der Waals surface area contributed by atoms with Crippen LogP contribution in [0.25, 0.3) is 0 Å². The molecule has 8 heteroatoms. The first-order chi connectivity index (χ1) is 10.9. The molecule has 0 spiro atoms. The van der Waals surface area contributed by atoms with Gasteiger partial charge in [-0.2, -0.15) is 0 Å². The predicted molar refractivity (Wildman–Crippen MR) is 87.3 cm³/mol. The number of hydrogen-bond donors (Lipinski definition) is 2. The fourth-order valence-electron chi connectivity index (χ4n) is 2.35. The molecule has 0 aliphatic carbocycles. The van der Waals surface area contributed by atoms with E-state index in [0.717, 1.165) is 5.56 Å². The van der Waals surface area contributed by atoms with Crippen molar-refractivity contribution in [2.45, 2.75) is 25.3 Å². The number of ether oxygens (including phenoxy) is 1. The van der Waals surface area contributed by atoms with E-state index in [2.05, 4.69) is 10.0 Å². The summed E-state index contributed by atoms with van der Waals surface area (Å²) in [5.41, 5.74) is 1.63. The third-order valence-corrected chi connectivity index (χ3v) is 5.10. The SMILES string of the molecule is CNS(=O)(=O)Cc1ccc(CNC(=O)N2CCOC[C@@H]2C)cc1. The lowest BCUT2D eigenvalue weighted by atomic mass is 10.1. The Bertz CT molecular complexity index is 631. The zero-order valence-electron chi connectivity index (χ0n) is 13.4. The van der Waals surface area contributed by atoms with Gasteiger partial charge in [0.2, 0.25) is 10.0 Å². The third kappa shape index (κ3) is 5.19. The fourth-order valence-corrected chi connectivity index (χ4v) is 3.13. The molecule has 2 rings (SSSR count). The summed E-state index contributed by atoms with van der Waals surface area (Å²) in [7, 11) is -1.88. The molecule has 1 atom stereocenters. The highest BCUT2D eigenvalue weighted by Crippen LogP contribution is 2.09. The number of benzene rings is 1. The van der Waals surface area contributed by atoms with Gasteiger partial charge in [-0.1, -0.05) is 24.3 Å². The molecular formula is C15H23N3O4S. The number of sulfonamides is 1. The van der Waals surface area contributed by atoms with E-state index in [1.165, 1.54) is 7.05 Å². The van der Waals surface area contributed by atoms with Gasteiger partial charge in [0.1, 0.15) is 0 Å². The van der Waals surface area contributed by atoms with Crippen molar-refractivity contribution < 1.29 is 17.9 Å². The lowest BCUT2D eigenvalue weighted by Gasteiger charge is -2.33. The maximum atomic E-state index is 12.1. The van der Waals surface area contributed by atoms with Crippen molar-refractivity contribution in [3.05, 3.63) is 35.4 Å². The maximum absolute atomic E-state index is 12.1. The Labute approximate surface area is 137 Å². The molecule has 1 heterocycles. The van der Waals surface area contributed by atoms with Crippen molar-refractivity contribution in [1.29, 1.82) is 0 Å². The van der Waals surface area contributed by atoms with Gasteiger partial charge < -0.3 is 15.0 Å². The molecule has 23 heavy (non-hydrogen) atoms. The van der Waals surface area contributed by atoms with Crippen molar-refractivity contribution in [2.24, 2.45) is 0 Å².